The summed E-state index contributed by atoms with van der Waals surface area (Å²) in [5.41, 5.74) is 5.06. The number of hydrogen-bond donors (Lipinski definition) is 0. The summed E-state index contributed by atoms with van der Waals surface area (Å²) in [7, 11) is 0. The molecule has 3 aliphatic heterocycles. The molecule has 0 aromatic heterocycles. The second-order valence-corrected chi connectivity index (χ2v) is 12.9. The SMILES string of the molecule is Cc1cc(C)cc(C(=O)N2CCN(C(=O)CCN3C[C@@H]4C[C@H]3CN4Cc3ccccc3)[C@H](c3ccc(Cl)c(Cl)c3)C2)c1. The highest BCUT2D eigenvalue weighted by Crippen LogP contribution is 2.34. The molecule has 2 amide bonds. The molecule has 3 atom stereocenters. The number of halogens is 2. The van der Waals surface area contributed by atoms with Gasteiger partial charge in [-0.15, -0.1) is 0 Å². The van der Waals surface area contributed by atoms with E-state index in [0.29, 0.717) is 53.7 Å². The van der Waals surface area contributed by atoms with Gasteiger partial charge in [0.2, 0.25) is 5.91 Å². The van der Waals surface area contributed by atoms with Gasteiger partial charge in [0, 0.05) is 69.9 Å². The van der Waals surface area contributed by atoms with Crippen molar-refractivity contribution in [1.82, 2.24) is 19.6 Å². The number of fused-ring (bicyclic) bond motifs is 2. The molecule has 0 unspecified atom stereocenters. The van der Waals surface area contributed by atoms with Crippen molar-refractivity contribution in [2.45, 2.75) is 51.4 Å². The van der Waals surface area contributed by atoms with E-state index < -0.39 is 0 Å². The molecule has 8 heteroatoms. The van der Waals surface area contributed by atoms with Gasteiger partial charge in [-0.2, -0.15) is 0 Å². The van der Waals surface area contributed by atoms with Crippen molar-refractivity contribution in [3.05, 3.63) is 105 Å². The van der Waals surface area contributed by atoms with Crippen LogP contribution in [-0.4, -0.2) is 82.8 Å². The van der Waals surface area contributed by atoms with E-state index >= 15 is 0 Å². The zero-order chi connectivity index (χ0) is 29.4. The number of nitrogens with zero attached hydrogens (tertiary/aromatic N) is 4. The average Bonchev–Trinajstić information content (AvgIpc) is 3.57. The Hall–Kier alpha value is -2.90. The van der Waals surface area contributed by atoms with Gasteiger partial charge < -0.3 is 9.80 Å². The lowest BCUT2D eigenvalue weighted by molar-refractivity contribution is -0.136. The van der Waals surface area contributed by atoms with Crippen molar-refractivity contribution in [2.75, 3.05) is 39.3 Å². The molecule has 2 bridgehead atoms. The molecule has 3 fully saturated rings. The molecule has 0 N–H and O–H groups in total. The normalized spacial score (nSPS) is 22.6. The van der Waals surface area contributed by atoms with Gasteiger partial charge in [0.15, 0.2) is 0 Å². The molecule has 3 heterocycles. The van der Waals surface area contributed by atoms with E-state index in [1.54, 1.807) is 6.07 Å². The minimum atomic E-state index is -0.285. The third kappa shape index (κ3) is 6.23. The standard InChI is InChI=1S/C34H38Cl2N4O2/c1-23-14-24(2)16-27(15-23)34(42)38-12-13-40(32(22-38)26-8-9-30(35)31(36)17-26)33(41)10-11-37-20-29-18-28(37)21-39(29)19-25-6-4-3-5-7-25/h3-9,14-17,28-29,32H,10-13,18-22H2,1-2H3/t28-,29-,32-/m0/s1. The molecule has 3 aliphatic rings. The van der Waals surface area contributed by atoms with E-state index in [0.717, 1.165) is 42.9 Å². The molecule has 3 aromatic carbocycles. The Kier molecular flexibility index (Phi) is 8.60. The van der Waals surface area contributed by atoms with Crippen LogP contribution in [0.4, 0.5) is 0 Å². The van der Waals surface area contributed by atoms with Crippen molar-refractivity contribution in [3.63, 3.8) is 0 Å². The van der Waals surface area contributed by atoms with Crippen LogP contribution in [0.2, 0.25) is 10.0 Å². The first-order valence-electron chi connectivity index (χ1n) is 14.9. The number of hydrogen-bond acceptors (Lipinski definition) is 4. The summed E-state index contributed by atoms with van der Waals surface area (Å²) >= 11 is 12.6. The fourth-order valence-electron chi connectivity index (χ4n) is 7.05. The molecule has 6 rings (SSSR count). The van der Waals surface area contributed by atoms with Gasteiger partial charge in [0.05, 0.1) is 16.1 Å². The highest BCUT2D eigenvalue weighted by atomic mass is 35.5. The minimum Gasteiger partial charge on any atom is -0.334 e. The summed E-state index contributed by atoms with van der Waals surface area (Å²) in [4.78, 5) is 36.2. The Morgan fingerprint density at radius 2 is 1.52 bits per heavy atom. The van der Waals surface area contributed by atoms with Gasteiger partial charge in [-0.05, 0) is 55.7 Å². The molecular weight excluding hydrogens is 567 g/mol. The van der Waals surface area contributed by atoms with Crippen molar-refractivity contribution in [3.8, 4) is 0 Å². The van der Waals surface area contributed by atoms with E-state index in [-0.39, 0.29) is 17.9 Å². The summed E-state index contributed by atoms with van der Waals surface area (Å²) in [5, 5.41) is 0.926. The van der Waals surface area contributed by atoms with Crippen LogP contribution in [-0.2, 0) is 11.3 Å². The number of benzene rings is 3. The Labute approximate surface area is 258 Å². The topological polar surface area (TPSA) is 47.1 Å². The number of amides is 2. The second kappa shape index (κ2) is 12.4. The van der Waals surface area contributed by atoms with E-state index in [2.05, 4.69) is 46.2 Å². The highest BCUT2D eigenvalue weighted by Gasteiger charge is 2.43. The zero-order valence-electron chi connectivity index (χ0n) is 24.3. The average molecular weight is 606 g/mol. The fraction of sp³-hybridized carbons (Fsp3) is 0.412. The van der Waals surface area contributed by atoms with Crippen molar-refractivity contribution in [2.24, 2.45) is 0 Å². The van der Waals surface area contributed by atoms with Crippen LogP contribution in [0.15, 0.2) is 66.7 Å². The van der Waals surface area contributed by atoms with E-state index in [1.165, 1.54) is 12.0 Å². The molecule has 220 valence electrons. The van der Waals surface area contributed by atoms with E-state index in [9.17, 15) is 9.59 Å². The van der Waals surface area contributed by atoms with Gasteiger partial charge in [-0.1, -0.05) is 76.8 Å². The first-order valence-corrected chi connectivity index (χ1v) is 15.6. The first kappa shape index (κ1) is 29.2. The van der Waals surface area contributed by atoms with Gasteiger partial charge in [-0.25, -0.2) is 0 Å². The van der Waals surface area contributed by atoms with E-state index in [4.69, 9.17) is 23.2 Å². The Morgan fingerprint density at radius 1 is 0.810 bits per heavy atom. The molecule has 6 nitrogen and oxygen atoms in total. The van der Waals surface area contributed by atoms with Gasteiger partial charge >= 0.3 is 0 Å². The van der Waals surface area contributed by atoms with Gasteiger partial charge in [0.1, 0.15) is 0 Å². The summed E-state index contributed by atoms with van der Waals surface area (Å²) in [6, 6.07) is 22.9. The van der Waals surface area contributed by atoms with Crippen molar-refractivity contribution in [1.29, 1.82) is 0 Å². The largest absolute Gasteiger partial charge is 0.334 e. The number of piperazine rings is 2. The molecule has 3 aromatic rings. The van der Waals surface area contributed by atoms with Crippen LogP contribution >= 0.6 is 23.2 Å². The molecule has 0 radical (unpaired) electrons. The van der Waals surface area contributed by atoms with Crippen LogP contribution in [0.3, 0.4) is 0 Å². The number of carbonyl (C=O) groups is 2. The molecule has 0 aliphatic carbocycles. The smallest absolute Gasteiger partial charge is 0.254 e. The minimum absolute atomic E-state index is 0.00731. The third-order valence-corrected chi connectivity index (χ3v) is 9.83. The quantitative estimate of drug-likeness (QED) is 0.332. The van der Waals surface area contributed by atoms with Crippen molar-refractivity contribution < 1.29 is 9.59 Å². The van der Waals surface area contributed by atoms with Crippen LogP contribution in [0.25, 0.3) is 0 Å². The Bertz CT molecular complexity index is 1440. The first-order chi connectivity index (χ1) is 20.2. The molecule has 0 saturated carbocycles. The van der Waals surface area contributed by atoms with Gasteiger partial charge in [0.25, 0.3) is 5.91 Å². The molecular formula is C34H38Cl2N4O2. The number of aryl methyl sites for hydroxylation is 2. The van der Waals surface area contributed by atoms with Crippen LogP contribution in [0, 0.1) is 13.8 Å². The summed E-state index contributed by atoms with van der Waals surface area (Å²) in [6.45, 7) is 9.23. The number of likely N-dealkylation sites (tertiary alicyclic amines) is 2. The van der Waals surface area contributed by atoms with Crippen LogP contribution < -0.4 is 0 Å². The lowest BCUT2D eigenvalue weighted by Gasteiger charge is -2.42. The maximum absolute atomic E-state index is 13.8. The number of carbonyl (C=O) groups excluding carboxylic acids is 2. The second-order valence-electron chi connectivity index (χ2n) is 12.1. The maximum Gasteiger partial charge on any atom is 0.254 e. The summed E-state index contributed by atoms with van der Waals surface area (Å²) < 4.78 is 0. The summed E-state index contributed by atoms with van der Waals surface area (Å²) in [5.74, 6) is 0.112. The predicted molar refractivity (Wildman–Crippen MR) is 168 cm³/mol. The maximum atomic E-state index is 13.8. The zero-order valence-corrected chi connectivity index (χ0v) is 25.8. The van der Waals surface area contributed by atoms with Crippen LogP contribution in [0.1, 0.15) is 51.5 Å². The van der Waals surface area contributed by atoms with Gasteiger partial charge in [-0.3, -0.25) is 19.4 Å². The predicted octanol–water partition coefficient (Wildman–Crippen LogP) is 5.98. The third-order valence-electron chi connectivity index (χ3n) is 9.09. The Morgan fingerprint density at radius 3 is 2.21 bits per heavy atom. The monoisotopic (exact) mass is 604 g/mol. The lowest BCUT2D eigenvalue weighted by Crippen LogP contribution is -2.53. The Balaban J connectivity index is 1.12. The molecule has 3 saturated heterocycles. The number of rotatable bonds is 7. The lowest BCUT2D eigenvalue weighted by atomic mass is 10.00. The summed E-state index contributed by atoms with van der Waals surface area (Å²) in [6.07, 6.45) is 1.64. The van der Waals surface area contributed by atoms with Crippen LogP contribution in [0.5, 0.6) is 0 Å². The molecule has 0 spiro atoms. The molecule has 42 heavy (non-hydrogen) atoms. The van der Waals surface area contributed by atoms with E-state index in [1.807, 2.05) is 47.9 Å². The fourth-order valence-corrected chi connectivity index (χ4v) is 7.36. The van der Waals surface area contributed by atoms with Crippen molar-refractivity contribution >= 4 is 35.0 Å². The highest BCUT2D eigenvalue weighted by molar-refractivity contribution is 6.42.